The summed E-state index contributed by atoms with van der Waals surface area (Å²) in [6.07, 6.45) is 0. The molecule has 0 amide bonds. The van der Waals surface area contributed by atoms with Crippen LogP contribution in [0.5, 0.6) is 0 Å². The first-order valence-electron chi connectivity index (χ1n) is 6.13. The Morgan fingerprint density at radius 1 is 1.31 bits per heavy atom. The van der Waals surface area contributed by atoms with Gasteiger partial charge in [0.1, 0.15) is 0 Å². The zero-order valence-electron chi connectivity index (χ0n) is 10.9. The fraction of sp³-hybridized carbons (Fsp3) is 0.571. The summed E-state index contributed by atoms with van der Waals surface area (Å²) in [5.74, 6) is 0.575. The van der Waals surface area contributed by atoms with Gasteiger partial charge in [0.15, 0.2) is 0 Å². The summed E-state index contributed by atoms with van der Waals surface area (Å²) in [7, 11) is 0. The van der Waals surface area contributed by atoms with E-state index in [-0.39, 0.29) is 0 Å². The Labute approximate surface area is 99.5 Å². The van der Waals surface area contributed by atoms with Crippen LogP contribution in [0.15, 0.2) is 24.3 Å². The minimum absolute atomic E-state index is 0.423. The van der Waals surface area contributed by atoms with Crippen LogP contribution in [0.25, 0.3) is 0 Å². The molecule has 1 aromatic carbocycles. The maximum atomic E-state index is 5.88. The summed E-state index contributed by atoms with van der Waals surface area (Å²) in [6.45, 7) is 10.5. The van der Waals surface area contributed by atoms with E-state index in [0.29, 0.717) is 18.5 Å². The molecule has 0 heterocycles. The van der Waals surface area contributed by atoms with E-state index in [1.807, 2.05) is 0 Å². The summed E-state index contributed by atoms with van der Waals surface area (Å²) in [5.41, 5.74) is 8.47. The molecule has 2 heteroatoms. The van der Waals surface area contributed by atoms with Crippen LogP contribution in [-0.2, 0) is 0 Å². The Morgan fingerprint density at radius 2 is 2.00 bits per heavy atom. The molecule has 0 fully saturated rings. The highest BCUT2D eigenvalue weighted by atomic mass is 15.2. The molecule has 0 radical (unpaired) electrons. The SMILES string of the molecule is CCN(c1cccc(C)c1)C(CN)C(C)C. The zero-order valence-corrected chi connectivity index (χ0v) is 10.9. The van der Waals surface area contributed by atoms with Crippen molar-refractivity contribution in [3.63, 3.8) is 0 Å². The normalized spacial score (nSPS) is 12.9. The van der Waals surface area contributed by atoms with Gasteiger partial charge in [-0.2, -0.15) is 0 Å². The highest BCUT2D eigenvalue weighted by Crippen LogP contribution is 2.21. The Morgan fingerprint density at radius 3 is 2.44 bits per heavy atom. The molecule has 0 saturated heterocycles. The van der Waals surface area contributed by atoms with Gasteiger partial charge in [-0.05, 0) is 37.5 Å². The van der Waals surface area contributed by atoms with Gasteiger partial charge in [-0.3, -0.25) is 0 Å². The first-order valence-corrected chi connectivity index (χ1v) is 6.13. The van der Waals surface area contributed by atoms with Gasteiger partial charge in [0.25, 0.3) is 0 Å². The Balaban J connectivity index is 2.96. The lowest BCUT2D eigenvalue weighted by Crippen LogP contribution is -2.44. The molecule has 1 unspecified atom stereocenters. The third-order valence-corrected chi connectivity index (χ3v) is 3.09. The molecule has 1 rings (SSSR count). The predicted molar refractivity (Wildman–Crippen MR) is 71.9 cm³/mol. The average molecular weight is 220 g/mol. The van der Waals surface area contributed by atoms with E-state index >= 15 is 0 Å². The summed E-state index contributed by atoms with van der Waals surface area (Å²) in [6, 6.07) is 9.06. The Kier molecular flexibility index (Phi) is 4.81. The maximum Gasteiger partial charge on any atom is 0.0435 e. The van der Waals surface area contributed by atoms with Crippen molar-refractivity contribution < 1.29 is 0 Å². The third-order valence-electron chi connectivity index (χ3n) is 3.09. The van der Waals surface area contributed by atoms with E-state index in [2.05, 4.69) is 56.9 Å². The number of anilines is 1. The number of nitrogens with zero attached hydrogens (tertiary/aromatic N) is 1. The van der Waals surface area contributed by atoms with Gasteiger partial charge in [0.2, 0.25) is 0 Å². The molecule has 16 heavy (non-hydrogen) atoms. The second-order valence-corrected chi connectivity index (χ2v) is 4.67. The standard InChI is InChI=1S/C14H24N2/c1-5-16(14(10-15)11(2)3)13-8-6-7-12(4)9-13/h6-9,11,14H,5,10,15H2,1-4H3. The lowest BCUT2D eigenvalue weighted by atomic mass is 10.0. The van der Waals surface area contributed by atoms with Gasteiger partial charge in [-0.25, -0.2) is 0 Å². The largest absolute Gasteiger partial charge is 0.367 e. The highest BCUT2D eigenvalue weighted by molar-refractivity contribution is 5.49. The highest BCUT2D eigenvalue weighted by Gasteiger charge is 2.19. The van der Waals surface area contributed by atoms with Crippen LogP contribution in [-0.4, -0.2) is 19.1 Å². The smallest absolute Gasteiger partial charge is 0.0435 e. The van der Waals surface area contributed by atoms with Gasteiger partial charge in [-0.1, -0.05) is 26.0 Å². The van der Waals surface area contributed by atoms with Crippen LogP contribution in [0.4, 0.5) is 5.69 Å². The number of hydrogen-bond donors (Lipinski definition) is 1. The van der Waals surface area contributed by atoms with Crippen molar-refractivity contribution in [2.45, 2.75) is 33.7 Å². The van der Waals surface area contributed by atoms with E-state index in [0.717, 1.165) is 6.54 Å². The minimum Gasteiger partial charge on any atom is -0.367 e. The van der Waals surface area contributed by atoms with E-state index < -0.39 is 0 Å². The molecular formula is C14H24N2. The molecule has 0 aliphatic carbocycles. The molecule has 0 aliphatic rings. The molecule has 1 aromatic rings. The Hall–Kier alpha value is -1.02. The molecule has 1 atom stereocenters. The Bertz CT molecular complexity index is 320. The second kappa shape index (κ2) is 5.90. The van der Waals surface area contributed by atoms with Crippen LogP contribution < -0.4 is 10.6 Å². The van der Waals surface area contributed by atoms with Crippen LogP contribution in [0.3, 0.4) is 0 Å². The lowest BCUT2D eigenvalue weighted by Gasteiger charge is -2.35. The number of aryl methyl sites for hydroxylation is 1. The van der Waals surface area contributed by atoms with Crippen molar-refractivity contribution in [3.05, 3.63) is 29.8 Å². The predicted octanol–water partition coefficient (Wildman–Crippen LogP) is 2.80. The quantitative estimate of drug-likeness (QED) is 0.826. The van der Waals surface area contributed by atoms with Crippen LogP contribution >= 0.6 is 0 Å². The number of nitrogens with two attached hydrogens (primary N) is 1. The molecule has 2 nitrogen and oxygen atoms in total. The summed E-state index contributed by atoms with van der Waals surface area (Å²) in [5, 5.41) is 0. The van der Waals surface area contributed by atoms with Crippen molar-refractivity contribution in [2.24, 2.45) is 11.7 Å². The van der Waals surface area contributed by atoms with E-state index in [1.54, 1.807) is 0 Å². The van der Waals surface area contributed by atoms with Crippen molar-refractivity contribution >= 4 is 5.69 Å². The first kappa shape index (κ1) is 13.0. The molecule has 0 aromatic heterocycles. The average Bonchev–Trinajstić information content (AvgIpc) is 2.25. The van der Waals surface area contributed by atoms with E-state index in [9.17, 15) is 0 Å². The van der Waals surface area contributed by atoms with E-state index in [1.165, 1.54) is 11.3 Å². The molecule has 0 spiro atoms. The zero-order chi connectivity index (χ0) is 12.1. The topological polar surface area (TPSA) is 29.3 Å². The molecule has 0 bridgehead atoms. The summed E-state index contributed by atoms with van der Waals surface area (Å²) in [4.78, 5) is 2.40. The van der Waals surface area contributed by atoms with Gasteiger partial charge < -0.3 is 10.6 Å². The van der Waals surface area contributed by atoms with Gasteiger partial charge in [0.05, 0.1) is 0 Å². The molecule has 0 aliphatic heterocycles. The van der Waals surface area contributed by atoms with Crippen LogP contribution in [0, 0.1) is 12.8 Å². The monoisotopic (exact) mass is 220 g/mol. The van der Waals surface area contributed by atoms with Gasteiger partial charge >= 0.3 is 0 Å². The van der Waals surface area contributed by atoms with Crippen molar-refractivity contribution in [1.82, 2.24) is 0 Å². The second-order valence-electron chi connectivity index (χ2n) is 4.67. The van der Waals surface area contributed by atoms with Crippen molar-refractivity contribution in [1.29, 1.82) is 0 Å². The summed E-state index contributed by atoms with van der Waals surface area (Å²) >= 11 is 0. The number of rotatable bonds is 5. The van der Waals surface area contributed by atoms with Crippen LogP contribution in [0.2, 0.25) is 0 Å². The minimum atomic E-state index is 0.423. The summed E-state index contributed by atoms with van der Waals surface area (Å²) < 4.78 is 0. The van der Waals surface area contributed by atoms with Crippen LogP contribution in [0.1, 0.15) is 26.3 Å². The van der Waals surface area contributed by atoms with Gasteiger partial charge in [0, 0.05) is 24.8 Å². The number of hydrogen-bond acceptors (Lipinski definition) is 2. The maximum absolute atomic E-state index is 5.88. The fourth-order valence-corrected chi connectivity index (χ4v) is 2.17. The fourth-order valence-electron chi connectivity index (χ4n) is 2.17. The lowest BCUT2D eigenvalue weighted by molar-refractivity contribution is 0.465. The van der Waals surface area contributed by atoms with Crippen molar-refractivity contribution in [3.8, 4) is 0 Å². The van der Waals surface area contributed by atoms with Gasteiger partial charge in [-0.15, -0.1) is 0 Å². The molecule has 0 saturated carbocycles. The van der Waals surface area contributed by atoms with Crippen molar-refractivity contribution in [2.75, 3.05) is 18.0 Å². The molecule has 2 N–H and O–H groups in total. The molecule has 90 valence electrons. The molecular weight excluding hydrogens is 196 g/mol. The number of likely N-dealkylation sites (N-methyl/N-ethyl adjacent to an activating group) is 1. The van der Waals surface area contributed by atoms with E-state index in [4.69, 9.17) is 5.73 Å². The third kappa shape index (κ3) is 2.99. The number of benzene rings is 1. The first-order chi connectivity index (χ1) is 7.60.